The Morgan fingerprint density at radius 1 is 1.00 bits per heavy atom. The topological polar surface area (TPSA) is 39.1 Å². The smallest absolute Gasteiger partial charge is 0.120 e. The van der Waals surface area contributed by atoms with Crippen LogP contribution < -0.4 is 10.2 Å². The quantitative estimate of drug-likeness (QED) is 0.572. The van der Waals surface area contributed by atoms with Crippen molar-refractivity contribution in [2.45, 2.75) is 13.5 Å². The van der Waals surface area contributed by atoms with Gasteiger partial charge in [0.05, 0.1) is 11.2 Å². The summed E-state index contributed by atoms with van der Waals surface area (Å²) in [5.41, 5.74) is 7.85. The predicted octanol–water partition coefficient (Wildman–Crippen LogP) is 4.80. The first-order valence-electron chi connectivity index (χ1n) is 8.25. The molecule has 0 fully saturated rings. The van der Waals surface area contributed by atoms with Gasteiger partial charge in [-0.1, -0.05) is 30.3 Å². The standard InChI is InChI=1S/C21H19N3O/c1-16-14-24(23-18-9-11-22-12-10-18)21-8-7-19(13-20(16)21)25-15-17-5-3-2-4-6-17/h2-14H,15H2,1H3,(H,22,23). The van der Waals surface area contributed by atoms with Crippen LogP contribution in [0.5, 0.6) is 5.75 Å². The average molecular weight is 329 g/mol. The fourth-order valence-electron chi connectivity index (χ4n) is 2.86. The van der Waals surface area contributed by atoms with Gasteiger partial charge in [-0.05, 0) is 48.4 Å². The zero-order valence-electron chi connectivity index (χ0n) is 14.0. The van der Waals surface area contributed by atoms with Gasteiger partial charge >= 0.3 is 0 Å². The molecule has 0 aliphatic rings. The Kier molecular flexibility index (Phi) is 4.09. The summed E-state index contributed by atoms with van der Waals surface area (Å²) in [4.78, 5) is 4.05. The van der Waals surface area contributed by atoms with E-state index in [2.05, 4.69) is 47.8 Å². The van der Waals surface area contributed by atoms with Gasteiger partial charge in [0, 0.05) is 24.0 Å². The Balaban J connectivity index is 1.58. The predicted molar refractivity (Wildman–Crippen MR) is 101 cm³/mol. The minimum absolute atomic E-state index is 0.571. The number of hydrogen-bond donors (Lipinski definition) is 1. The van der Waals surface area contributed by atoms with Crippen LogP contribution in [0.2, 0.25) is 0 Å². The molecule has 0 aliphatic heterocycles. The van der Waals surface area contributed by atoms with Crippen molar-refractivity contribution in [1.29, 1.82) is 0 Å². The molecule has 124 valence electrons. The molecule has 0 atom stereocenters. The molecule has 4 rings (SSSR count). The second-order valence-electron chi connectivity index (χ2n) is 5.98. The summed E-state index contributed by atoms with van der Waals surface area (Å²) in [6, 6.07) is 20.3. The number of anilines is 1. The van der Waals surface area contributed by atoms with Crippen LogP contribution in [-0.4, -0.2) is 9.66 Å². The third kappa shape index (κ3) is 3.33. The van der Waals surface area contributed by atoms with Gasteiger partial charge in [0.1, 0.15) is 12.4 Å². The van der Waals surface area contributed by atoms with E-state index in [-0.39, 0.29) is 0 Å². The van der Waals surface area contributed by atoms with Crippen molar-refractivity contribution in [2.24, 2.45) is 0 Å². The molecule has 0 aliphatic carbocycles. The van der Waals surface area contributed by atoms with Crippen molar-refractivity contribution in [3.8, 4) is 5.75 Å². The molecule has 0 saturated heterocycles. The Morgan fingerprint density at radius 3 is 2.60 bits per heavy atom. The largest absolute Gasteiger partial charge is 0.489 e. The molecule has 0 unspecified atom stereocenters. The van der Waals surface area contributed by atoms with Crippen LogP contribution in [0.1, 0.15) is 11.1 Å². The highest BCUT2D eigenvalue weighted by Crippen LogP contribution is 2.26. The summed E-state index contributed by atoms with van der Waals surface area (Å²) in [6.07, 6.45) is 5.64. The number of hydrogen-bond acceptors (Lipinski definition) is 3. The van der Waals surface area contributed by atoms with Crippen molar-refractivity contribution in [3.63, 3.8) is 0 Å². The van der Waals surface area contributed by atoms with Gasteiger partial charge < -0.3 is 4.74 Å². The first-order valence-corrected chi connectivity index (χ1v) is 8.25. The molecule has 0 spiro atoms. The lowest BCUT2D eigenvalue weighted by molar-refractivity contribution is 0.306. The van der Waals surface area contributed by atoms with Gasteiger partial charge in [0.15, 0.2) is 0 Å². The molecule has 4 heteroatoms. The molecule has 2 heterocycles. The van der Waals surface area contributed by atoms with E-state index in [0.717, 1.165) is 22.5 Å². The summed E-state index contributed by atoms with van der Waals surface area (Å²) in [6.45, 7) is 2.68. The molecule has 25 heavy (non-hydrogen) atoms. The molecule has 0 bridgehead atoms. The normalized spacial score (nSPS) is 10.8. The van der Waals surface area contributed by atoms with Crippen LogP contribution in [0, 0.1) is 6.92 Å². The van der Waals surface area contributed by atoms with E-state index in [0.29, 0.717) is 6.61 Å². The lowest BCUT2D eigenvalue weighted by Crippen LogP contribution is -2.07. The van der Waals surface area contributed by atoms with Crippen LogP contribution >= 0.6 is 0 Å². The molecule has 0 radical (unpaired) electrons. The second kappa shape index (κ2) is 6.69. The van der Waals surface area contributed by atoms with Gasteiger partial charge in [-0.15, -0.1) is 0 Å². The van der Waals surface area contributed by atoms with Crippen LogP contribution in [0.25, 0.3) is 10.9 Å². The Hall–Kier alpha value is -3.27. The highest BCUT2D eigenvalue weighted by molar-refractivity contribution is 5.85. The molecular weight excluding hydrogens is 310 g/mol. The first kappa shape index (κ1) is 15.3. The fourth-order valence-corrected chi connectivity index (χ4v) is 2.86. The lowest BCUT2D eigenvalue weighted by Gasteiger charge is -2.10. The van der Waals surface area contributed by atoms with Crippen LogP contribution in [0.4, 0.5) is 5.69 Å². The summed E-state index contributed by atoms with van der Waals surface area (Å²) in [5, 5.41) is 1.17. The van der Waals surface area contributed by atoms with Gasteiger partial charge in [0.2, 0.25) is 0 Å². The molecule has 1 N–H and O–H groups in total. The van der Waals surface area contributed by atoms with Gasteiger partial charge in [-0.2, -0.15) is 0 Å². The summed E-state index contributed by atoms with van der Waals surface area (Å²) in [5.74, 6) is 0.876. The number of nitrogens with one attached hydrogen (secondary N) is 1. The van der Waals surface area contributed by atoms with Gasteiger partial charge in [-0.25, -0.2) is 0 Å². The number of pyridine rings is 1. The molecule has 0 amide bonds. The maximum atomic E-state index is 5.94. The first-order chi connectivity index (χ1) is 12.3. The number of aryl methyl sites for hydroxylation is 1. The summed E-state index contributed by atoms with van der Waals surface area (Å²) in [7, 11) is 0. The number of nitrogens with zero attached hydrogens (tertiary/aromatic N) is 2. The average Bonchev–Trinajstić information content (AvgIpc) is 2.97. The molecule has 2 aromatic heterocycles. The monoisotopic (exact) mass is 329 g/mol. The highest BCUT2D eigenvalue weighted by Gasteiger charge is 2.07. The third-order valence-corrected chi connectivity index (χ3v) is 4.15. The van der Waals surface area contributed by atoms with Crippen molar-refractivity contribution >= 4 is 16.6 Å². The van der Waals surface area contributed by atoms with E-state index < -0.39 is 0 Å². The van der Waals surface area contributed by atoms with Crippen molar-refractivity contribution in [2.75, 3.05) is 5.43 Å². The van der Waals surface area contributed by atoms with E-state index in [1.54, 1.807) is 12.4 Å². The van der Waals surface area contributed by atoms with Crippen LogP contribution in [-0.2, 0) is 6.61 Å². The maximum absolute atomic E-state index is 5.94. The van der Waals surface area contributed by atoms with Crippen molar-refractivity contribution < 1.29 is 4.74 Å². The van der Waals surface area contributed by atoms with E-state index in [9.17, 15) is 0 Å². The van der Waals surface area contributed by atoms with Gasteiger partial charge in [0.25, 0.3) is 0 Å². The van der Waals surface area contributed by atoms with Crippen LogP contribution in [0.15, 0.2) is 79.3 Å². The fraction of sp³-hybridized carbons (Fsp3) is 0.0952. The summed E-state index contributed by atoms with van der Waals surface area (Å²) < 4.78 is 7.97. The Labute approximate surface area is 146 Å². The molecule has 4 aromatic rings. The Morgan fingerprint density at radius 2 is 1.80 bits per heavy atom. The zero-order valence-corrected chi connectivity index (χ0v) is 14.0. The third-order valence-electron chi connectivity index (χ3n) is 4.15. The summed E-state index contributed by atoms with van der Waals surface area (Å²) >= 11 is 0. The molecule has 0 saturated carbocycles. The van der Waals surface area contributed by atoms with E-state index >= 15 is 0 Å². The van der Waals surface area contributed by atoms with E-state index in [1.165, 1.54) is 10.9 Å². The number of benzene rings is 2. The minimum Gasteiger partial charge on any atom is -0.489 e. The lowest BCUT2D eigenvalue weighted by atomic mass is 10.2. The second-order valence-corrected chi connectivity index (χ2v) is 5.98. The number of ether oxygens (including phenoxy) is 1. The number of fused-ring (bicyclic) bond motifs is 1. The Bertz CT molecular complexity index is 978. The molecule has 4 nitrogen and oxygen atoms in total. The minimum atomic E-state index is 0.571. The SMILES string of the molecule is Cc1cn(Nc2ccncc2)c2ccc(OCc3ccccc3)cc12. The number of rotatable bonds is 5. The highest BCUT2D eigenvalue weighted by atomic mass is 16.5. The zero-order chi connectivity index (χ0) is 17.1. The van der Waals surface area contributed by atoms with Crippen molar-refractivity contribution in [1.82, 2.24) is 9.66 Å². The molecular formula is C21H19N3O. The maximum Gasteiger partial charge on any atom is 0.120 e. The van der Waals surface area contributed by atoms with E-state index in [4.69, 9.17) is 4.74 Å². The van der Waals surface area contributed by atoms with Gasteiger partial charge in [-0.3, -0.25) is 15.1 Å². The van der Waals surface area contributed by atoms with E-state index in [1.807, 2.05) is 41.1 Å². The van der Waals surface area contributed by atoms with Crippen molar-refractivity contribution in [3.05, 3.63) is 90.4 Å². The number of aromatic nitrogens is 2. The molecule has 2 aromatic carbocycles. The van der Waals surface area contributed by atoms with Crippen LogP contribution in [0.3, 0.4) is 0 Å².